The zero-order valence-electron chi connectivity index (χ0n) is 11.8. The molecule has 1 aliphatic carbocycles. The fraction of sp³-hybridized carbons (Fsp3) is 0.571. The molecule has 2 rings (SSSR count). The number of hydrogen-bond acceptors (Lipinski definition) is 4. The van der Waals surface area contributed by atoms with Gasteiger partial charge in [-0.3, -0.25) is 0 Å². The highest BCUT2D eigenvalue weighted by Gasteiger charge is 2.30. The summed E-state index contributed by atoms with van der Waals surface area (Å²) in [6, 6.07) is 4.17. The second-order valence-electron chi connectivity index (χ2n) is 5.65. The monoisotopic (exact) mass is 332 g/mol. The fourth-order valence-electron chi connectivity index (χ4n) is 2.57. The van der Waals surface area contributed by atoms with E-state index in [-0.39, 0.29) is 17.1 Å². The van der Waals surface area contributed by atoms with Gasteiger partial charge >= 0.3 is 0 Å². The second-order valence-corrected chi connectivity index (χ2v) is 7.82. The Morgan fingerprint density at radius 1 is 1.24 bits per heavy atom. The molecule has 1 saturated carbocycles. The Morgan fingerprint density at radius 3 is 2.43 bits per heavy atom. The molecule has 118 valence electrons. The van der Waals surface area contributed by atoms with E-state index in [9.17, 15) is 13.5 Å². The van der Waals surface area contributed by atoms with Crippen molar-refractivity contribution in [3.8, 4) is 0 Å². The van der Waals surface area contributed by atoms with Gasteiger partial charge in [0, 0.05) is 6.54 Å². The summed E-state index contributed by atoms with van der Waals surface area (Å²) in [4.78, 5) is 0.0571. The molecule has 0 amide bonds. The smallest absolute Gasteiger partial charge is 0.240 e. The molecule has 0 unspecified atom stereocenters. The Kier molecular flexibility index (Phi) is 5.14. The van der Waals surface area contributed by atoms with E-state index in [1.54, 1.807) is 0 Å². The molecule has 0 radical (unpaired) electrons. The van der Waals surface area contributed by atoms with Gasteiger partial charge in [-0.05, 0) is 31.0 Å². The molecule has 0 saturated heterocycles. The van der Waals surface area contributed by atoms with Crippen molar-refractivity contribution in [2.75, 3.05) is 12.3 Å². The van der Waals surface area contributed by atoms with Crippen LogP contribution < -0.4 is 10.5 Å². The van der Waals surface area contributed by atoms with Crippen molar-refractivity contribution >= 4 is 27.3 Å². The third-order valence-corrected chi connectivity index (χ3v) is 5.65. The molecule has 21 heavy (non-hydrogen) atoms. The van der Waals surface area contributed by atoms with Crippen LogP contribution in [0, 0.1) is 0 Å². The van der Waals surface area contributed by atoms with Gasteiger partial charge in [-0.25, -0.2) is 13.1 Å². The standard InChI is InChI=1S/C14H21ClN2O3S/c15-12-6-5-11(9-13(12)16)21(19,20)17-10-14(18)7-3-1-2-4-8-14/h5-6,9,17-18H,1-4,7-8,10,16H2. The van der Waals surface area contributed by atoms with E-state index in [1.165, 1.54) is 18.2 Å². The zero-order valence-corrected chi connectivity index (χ0v) is 13.4. The molecular formula is C14H21ClN2O3S. The summed E-state index contributed by atoms with van der Waals surface area (Å²) in [5.41, 5.74) is 4.89. The Balaban J connectivity index is 2.08. The van der Waals surface area contributed by atoms with E-state index in [2.05, 4.69) is 4.72 Å². The molecule has 1 fully saturated rings. The van der Waals surface area contributed by atoms with Crippen LogP contribution in [0.2, 0.25) is 5.02 Å². The number of benzene rings is 1. The number of nitrogen functional groups attached to an aromatic ring is 1. The summed E-state index contributed by atoms with van der Waals surface area (Å²) in [5, 5.41) is 10.8. The topological polar surface area (TPSA) is 92.4 Å². The van der Waals surface area contributed by atoms with Gasteiger partial charge in [-0.15, -0.1) is 0 Å². The third-order valence-electron chi connectivity index (χ3n) is 3.90. The van der Waals surface area contributed by atoms with E-state index < -0.39 is 15.6 Å². The van der Waals surface area contributed by atoms with E-state index >= 15 is 0 Å². The first-order chi connectivity index (χ1) is 9.82. The number of hydrogen-bond donors (Lipinski definition) is 3. The summed E-state index contributed by atoms with van der Waals surface area (Å²) in [7, 11) is -3.70. The molecule has 1 aromatic rings. The normalized spacial score (nSPS) is 19.1. The molecule has 5 nitrogen and oxygen atoms in total. The molecule has 0 bridgehead atoms. The summed E-state index contributed by atoms with van der Waals surface area (Å²) >= 11 is 5.79. The molecular weight excluding hydrogens is 312 g/mol. The maximum absolute atomic E-state index is 12.2. The minimum atomic E-state index is -3.70. The highest BCUT2D eigenvalue weighted by Crippen LogP contribution is 2.27. The lowest BCUT2D eigenvalue weighted by Gasteiger charge is -2.26. The first-order valence-corrected chi connectivity index (χ1v) is 8.96. The number of sulfonamides is 1. The highest BCUT2D eigenvalue weighted by atomic mass is 35.5. The molecule has 1 aromatic carbocycles. The molecule has 0 aliphatic heterocycles. The lowest BCUT2D eigenvalue weighted by molar-refractivity contribution is 0.0303. The van der Waals surface area contributed by atoms with Gasteiger partial charge in [0.25, 0.3) is 0 Å². The van der Waals surface area contributed by atoms with Crippen LogP contribution in [0.4, 0.5) is 5.69 Å². The number of halogens is 1. The molecule has 0 aromatic heterocycles. The van der Waals surface area contributed by atoms with E-state index in [0.717, 1.165) is 25.7 Å². The maximum Gasteiger partial charge on any atom is 0.240 e. The van der Waals surface area contributed by atoms with Gasteiger partial charge in [0.15, 0.2) is 0 Å². The van der Waals surface area contributed by atoms with Crippen LogP contribution >= 0.6 is 11.6 Å². The predicted octanol–water partition coefficient (Wildman–Crippen LogP) is 2.29. The second kappa shape index (κ2) is 6.52. The zero-order chi connectivity index (χ0) is 15.5. The number of rotatable bonds is 4. The first kappa shape index (κ1) is 16.5. The molecule has 7 heteroatoms. The molecule has 1 aliphatic rings. The average molecular weight is 333 g/mol. The van der Waals surface area contributed by atoms with Crippen LogP contribution in [0.15, 0.2) is 23.1 Å². The van der Waals surface area contributed by atoms with Crippen molar-refractivity contribution in [3.63, 3.8) is 0 Å². The van der Waals surface area contributed by atoms with Gasteiger partial charge < -0.3 is 10.8 Å². The van der Waals surface area contributed by atoms with Crippen molar-refractivity contribution < 1.29 is 13.5 Å². The highest BCUT2D eigenvalue weighted by molar-refractivity contribution is 7.89. The Labute approximate surface area is 130 Å². The number of nitrogens with one attached hydrogen (secondary N) is 1. The van der Waals surface area contributed by atoms with E-state index in [4.69, 9.17) is 17.3 Å². The minimum Gasteiger partial charge on any atom is -0.397 e. The lowest BCUT2D eigenvalue weighted by Crippen LogP contribution is -2.42. The van der Waals surface area contributed by atoms with Gasteiger partial charge in [-0.2, -0.15) is 0 Å². The van der Waals surface area contributed by atoms with Crippen molar-refractivity contribution in [1.82, 2.24) is 4.72 Å². The van der Waals surface area contributed by atoms with Crippen LogP contribution in [-0.4, -0.2) is 25.7 Å². The SMILES string of the molecule is Nc1cc(S(=O)(=O)NCC2(O)CCCCCC2)ccc1Cl. The fourth-order valence-corrected chi connectivity index (χ4v) is 3.84. The van der Waals surface area contributed by atoms with Crippen LogP contribution in [0.3, 0.4) is 0 Å². The summed E-state index contributed by atoms with van der Waals surface area (Å²) < 4.78 is 27.0. The van der Waals surface area contributed by atoms with Crippen LogP contribution in [0.1, 0.15) is 38.5 Å². The van der Waals surface area contributed by atoms with Crippen LogP contribution in [0.25, 0.3) is 0 Å². The quantitative estimate of drug-likeness (QED) is 0.582. The van der Waals surface area contributed by atoms with E-state index in [0.29, 0.717) is 17.9 Å². The summed E-state index contributed by atoms with van der Waals surface area (Å²) in [6.45, 7) is 0.0257. The average Bonchev–Trinajstić information content (AvgIpc) is 2.65. The van der Waals surface area contributed by atoms with Crippen LogP contribution in [-0.2, 0) is 10.0 Å². The van der Waals surface area contributed by atoms with Gasteiger partial charge in [0.2, 0.25) is 10.0 Å². The summed E-state index contributed by atoms with van der Waals surface area (Å²) in [6.07, 6.45) is 5.26. The summed E-state index contributed by atoms with van der Waals surface area (Å²) in [5.74, 6) is 0. The van der Waals surface area contributed by atoms with Crippen molar-refractivity contribution in [2.24, 2.45) is 0 Å². The minimum absolute atomic E-state index is 0.0257. The van der Waals surface area contributed by atoms with Gasteiger partial charge in [0.05, 0.1) is 21.2 Å². The Morgan fingerprint density at radius 2 is 1.86 bits per heavy atom. The third kappa shape index (κ3) is 4.32. The molecule has 0 heterocycles. The lowest BCUT2D eigenvalue weighted by atomic mass is 9.95. The number of nitrogens with two attached hydrogens (primary N) is 1. The first-order valence-electron chi connectivity index (χ1n) is 7.10. The molecule has 0 atom stereocenters. The van der Waals surface area contributed by atoms with Gasteiger partial charge in [-0.1, -0.05) is 37.3 Å². The largest absolute Gasteiger partial charge is 0.397 e. The van der Waals surface area contributed by atoms with Crippen molar-refractivity contribution in [2.45, 2.75) is 49.0 Å². The van der Waals surface area contributed by atoms with Crippen LogP contribution in [0.5, 0.6) is 0 Å². The number of aliphatic hydroxyl groups is 1. The molecule has 4 N–H and O–H groups in total. The number of anilines is 1. The Hall–Kier alpha value is -0.820. The predicted molar refractivity (Wildman–Crippen MR) is 83.7 cm³/mol. The van der Waals surface area contributed by atoms with Crippen molar-refractivity contribution in [3.05, 3.63) is 23.2 Å². The van der Waals surface area contributed by atoms with Gasteiger partial charge in [0.1, 0.15) is 0 Å². The van der Waals surface area contributed by atoms with Crippen molar-refractivity contribution in [1.29, 1.82) is 0 Å². The van der Waals surface area contributed by atoms with E-state index in [1.807, 2.05) is 0 Å². The molecule has 0 spiro atoms. The maximum atomic E-state index is 12.2. The Bertz CT molecular complexity index is 596.